The molecule has 0 heterocycles. The molecule has 0 aliphatic carbocycles. The highest BCUT2D eigenvalue weighted by Crippen LogP contribution is 2.25. The highest BCUT2D eigenvalue weighted by molar-refractivity contribution is 7.80. The van der Waals surface area contributed by atoms with Gasteiger partial charge in [0.25, 0.3) is 0 Å². The predicted octanol–water partition coefficient (Wildman–Crippen LogP) is 4.61. The third-order valence-corrected chi connectivity index (χ3v) is 2.16. The summed E-state index contributed by atoms with van der Waals surface area (Å²) in [4.78, 5) is -1.81. The molecule has 0 rings (SSSR count). The van der Waals surface area contributed by atoms with Gasteiger partial charge in [-0.25, -0.2) is 8.78 Å². The molecule has 0 atom stereocenters. The highest BCUT2D eigenvalue weighted by Gasteiger charge is 2.43. The van der Waals surface area contributed by atoms with Gasteiger partial charge in [0.2, 0.25) is 0 Å². The third-order valence-electron chi connectivity index (χ3n) is 1.37. The van der Waals surface area contributed by atoms with Crippen LogP contribution in [0, 0.1) is 0 Å². The molecular weight excluding hydrogens is 293 g/mol. The second-order valence-electron chi connectivity index (χ2n) is 2.75. The van der Waals surface area contributed by atoms with Crippen LogP contribution in [0.2, 0.25) is 0 Å². The minimum absolute atomic E-state index is 0.202. The summed E-state index contributed by atoms with van der Waals surface area (Å²) >= 11 is 7.85. The lowest BCUT2D eigenvalue weighted by Gasteiger charge is -2.14. The first-order valence-corrected chi connectivity index (χ1v) is 4.96. The lowest BCUT2D eigenvalue weighted by atomic mass is 10.2. The summed E-state index contributed by atoms with van der Waals surface area (Å²) in [6, 6.07) is 0. The second kappa shape index (κ2) is 7.20. The summed E-state index contributed by atoms with van der Waals surface area (Å²) in [5, 5.41) is 0. The molecular formula is C8H9F7S2. The predicted molar refractivity (Wildman–Crippen MR) is 58.2 cm³/mol. The zero-order valence-corrected chi connectivity index (χ0v) is 10.4. The molecule has 0 amide bonds. The smallest absolute Gasteiger partial charge is 0.203 e. The van der Waals surface area contributed by atoms with Crippen LogP contribution < -0.4 is 0 Å². The maximum atomic E-state index is 12.0. The highest BCUT2D eigenvalue weighted by atomic mass is 32.1. The Morgan fingerprint density at radius 3 is 1.41 bits per heavy atom. The van der Waals surface area contributed by atoms with E-state index in [4.69, 9.17) is 0 Å². The molecule has 0 radical (unpaired) electrons. The SMILES string of the molecule is CC(=S)C(F)(F)F.CCC(=S)C(F)(F)C(F)F. The molecule has 0 spiro atoms. The van der Waals surface area contributed by atoms with E-state index in [-0.39, 0.29) is 6.42 Å². The molecule has 0 unspecified atom stereocenters. The average Bonchev–Trinajstić information content (AvgIpc) is 2.15. The minimum Gasteiger partial charge on any atom is -0.203 e. The first-order valence-electron chi connectivity index (χ1n) is 4.14. The van der Waals surface area contributed by atoms with Gasteiger partial charge in [0, 0.05) is 0 Å². The van der Waals surface area contributed by atoms with Crippen molar-refractivity contribution in [2.45, 2.75) is 38.8 Å². The van der Waals surface area contributed by atoms with Crippen LogP contribution in [0.1, 0.15) is 20.3 Å². The summed E-state index contributed by atoms with van der Waals surface area (Å²) < 4.78 is 80.0. The molecule has 0 nitrogen and oxygen atoms in total. The molecule has 17 heavy (non-hydrogen) atoms. The molecule has 0 saturated carbocycles. The Hall–Kier alpha value is -0.310. The summed E-state index contributed by atoms with van der Waals surface area (Å²) in [7, 11) is 0. The fraction of sp³-hybridized carbons (Fsp3) is 0.750. The Balaban J connectivity index is 0. The van der Waals surface area contributed by atoms with E-state index in [1.165, 1.54) is 6.92 Å². The molecule has 0 aromatic rings. The Morgan fingerprint density at radius 1 is 1.06 bits per heavy atom. The molecule has 0 aliphatic rings. The van der Waals surface area contributed by atoms with Crippen molar-refractivity contribution in [3.05, 3.63) is 0 Å². The van der Waals surface area contributed by atoms with Gasteiger partial charge in [0.15, 0.2) is 0 Å². The first-order chi connectivity index (χ1) is 7.37. The number of hydrogen-bond acceptors (Lipinski definition) is 2. The van der Waals surface area contributed by atoms with Crippen LogP contribution in [0.15, 0.2) is 0 Å². The lowest BCUT2D eigenvalue weighted by Crippen LogP contribution is -2.34. The van der Waals surface area contributed by atoms with Crippen molar-refractivity contribution in [2.24, 2.45) is 0 Å². The van der Waals surface area contributed by atoms with Gasteiger partial charge < -0.3 is 0 Å². The quantitative estimate of drug-likeness (QED) is 0.552. The molecule has 0 N–H and O–H groups in total. The van der Waals surface area contributed by atoms with Gasteiger partial charge in [-0.2, -0.15) is 22.0 Å². The van der Waals surface area contributed by atoms with E-state index in [0.717, 1.165) is 6.92 Å². The number of thiocarbonyl (C=S) groups is 2. The van der Waals surface area contributed by atoms with Gasteiger partial charge in [-0.3, -0.25) is 0 Å². The van der Waals surface area contributed by atoms with Gasteiger partial charge in [0.1, 0.15) is 0 Å². The minimum atomic E-state index is -4.27. The fourth-order valence-electron chi connectivity index (χ4n) is 0.357. The van der Waals surface area contributed by atoms with Gasteiger partial charge in [-0.1, -0.05) is 31.4 Å². The molecule has 0 aliphatic heterocycles. The summed E-state index contributed by atoms with van der Waals surface area (Å²) in [6.07, 6.45) is -8.15. The van der Waals surface area contributed by atoms with Crippen LogP contribution in [0.4, 0.5) is 30.7 Å². The molecule has 9 heteroatoms. The van der Waals surface area contributed by atoms with Crippen molar-refractivity contribution in [1.82, 2.24) is 0 Å². The molecule has 0 fully saturated rings. The Kier molecular flexibility index (Phi) is 8.06. The van der Waals surface area contributed by atoms with Gasteiger partial charge in [0.05, 0.1) is 9.73 Å². The maximum absolute atomic E-state index is 12.0. The van der Waals surface area contributed by atoms with E-state index < -0.39 is 28.3 Å². The van der Waals surface area contributed by atoms with Crippen molar-refractivity contribution in [3.8, 4) is 0 Å². The topological polar surface area (TPSA) is 0 Å². The number of alkyl halides is 7. The Labute approximate surface area is 104 Å². The van der Waals surface area contributed by atoms with E-state index in [0.29, 0.717) is 0 Å². The summed E-state index contributed by atoms with van der Waals surface area (Å²) in [5.41, 5.74) is 0. The van der Waals surface area contributed by atoms with Crippen LogP contribution in [0.25, 0.3) is 0 Å². The van der Waals surface area contributed by atoms with E-state index >= 15 is 0 Å². The summed E-state index contributed by atoms with van der Waals surface area (Å²) in [5.74, 6) is -4.09. The zero-order valence-electron chi connectivity index (χ0n) is 8.75. The van der Waals surface area contributed by atoms with Crippen LogP contribution in [-0.4, -0.2) is 28.3 Å². The van der Waals surface area contributed by atoms with Crippen molar-refractivity contribution in [1.29, 1.82) is 0 Å². The fourth-order valence-corrected chi connectivity index (χ4v) is 0.446. The molecule has 0 aromatic heterocycles. The van der Waals surface area contributed by atoms with Crippen molar-refractivity contribution in [3.63, 3.8) is 0 Å². The molecule has 102 valence electrons. The third kappa shape index (κ3) is 7.58. The zero-order chi connectivity index (χ0) is 14.4. The maximum Gasteiger partial charge on any atom is 0.422 e. The number of halogens is 7. The lowest BCUT2D eigenvalue weighted by molar-refractivity contribution is -0.0742. The molecule has 0 saturated heterocycles. The van der Waals surface area contributed by atoms with E-state index in [1.807, 2.05) is 0 Å². The number of hydrogen-bond donors (Lipinski definition) is 0. The van der Waals surface area contributed by atoms with Crippen LogP contribution in [0.3, 0.4) is 0 Å². The molecule has 0 bridgehead atoms. The van der Waals surface area contributed by atoms with Crippen LogP contribution in [-0.2, 0) is 0 Å². The van der Waals surface area contributed by atoms with E-state index in [9.17, 15) is 30.7 Å². The second-order valence-corrected chi connectivity index (χ2v) is 3.86. The van der Waals surface area contributed by atoms with Gasteiger partial charge in [-0.15, -0.1) is 0 Å². The van der Waals surface area contributed by atoms with Crippen LogP contribution >= 0.6 is 24.4 Å². The monoisotopic (exact) mass is 302 g/mol. The normalized spacial score (nSPS) is 11.9. The molecule has 0 aromatic carbocycles. The standard InChI is InChI=1S/C5H6F4S.C3H3F3S/c1-2-3(10)5(8,9)4(6)7;1-2(7)3(4,5)6/h4H,2H2,1H3;1H3. The van der Waals surface area contributed by atoms with Crippen molar-refractivity contribution in [2.75, 3.05) is 0 Å². The Morgan fingerprint density at radius 2 is 1.35 bits per heavy atom. The summed E-state index contributed by atoms with van der Waals surface area (Å²) in [6.45, 7) is 2.17. The number of rotatable bonds is 3. The first kappa shape index (κ1) is 19.0. The van der Waals surface area contributed by atoms with E-state index in [2.05, 4.69) is 24.4 Å². The van der Waals surface area contributed by atoms with Crippen LogP contribution in [0.5, 0.6) is 0 Å². The van der Waals surface area contributed by atoms with Crippen molar-refractivity contribution >= 4 is 34.2 Å². The van der Waals surface area contributed by atoms with E-state index in [1.54, 1.807) is 0 Å². The van der Waals surface area contributed by atoms with Gasteiger partial charge >= 0.3 is 18.5 Å². The Bertz CT molecular complexity index is 270. The largest absolute Gasteiger partial charge is 0.422 e. The average molecular weight is 302 g/mol. The van der Waals surface area contributed by atoms with Crippen molar-refractivity contribution < 1.29 is 30.7 Å². The van der Waals surface area contributed by atoms with Gasteiger partial charge in [-0.05, 0) is 13.3 Å².